The highest BCUT2D eigenvalue weighted by molar-refractivity contribution is 8.00. The van der Waals surface area contributed by atoms with E-state index in [1.807, 2.05) is 25.1 Å². The first-order valence-corrected chi connectivity index (χ1v) is 9.41. The van der Waals surface area contributed by atoms with Crippen LogP contribution in [-0.2, 0) is 14.3 Å². The van der Waals surface area contributed by atoms with Crippen LogP contribution in [0.25, 0.3) is 10.9 Å². The van der Waals surface area contributed by atoms with Gasteiger partial charge in [-0.3, -0.25) is 9.59 Å². The van der Waals surface area contributed by atoms with Gasteiger partial charge in [0, 0.05) is 34.1 Å². The molecular weight excluding hydrogens is 322 g/mol. The first-order valence-electron chi connectivity index (χ1n) is 8.60. The van der Waals surface area contributed by atoms with Gasteiger partial charge in [0.2, 0.25) is 0 Å². The van der Waals surface area contributed by atoms with Crippen LogP contribution >= 0.6 is 11.8 Å². The maximum absolute atomic E-state index is 12.7. The van der Waals surface area contributed by atoms with Crippen molar-refractivity contribution in [3.05, 3.63) is 29.8 Å². The van der Waals surface area contributed by atoms with Crippen molar-refractivity contribution in [3.8, 4) is 0 Å². The number of H-pyrrole nitrogens is 1. The largest absolute Gasteiger partial charge is 0.466 e. The summed E-state index contributed by atoms with van der Waals surface area (Å²) in [5, 5.41) is 2.13. The highest BCUT2D eigenvalue weighted by Crippen LogP contribution is 2.55. The number of thioether (sulfide) groups is 1. The van der Waals surface area contributed by atoms with Crippen molar-refractivity contribution in [2.75, 3.05) is 6.61 Å². The lowest BCUT2D eigenvalue weighted by Gasteiger charge is -2.41. The number of aromatic amines is 1. The molecule has 0 amide bonds. The third kappa shape index (κ3) is 2.55. The Kier molecular flexibility index (Phi) is 3.91. The van der Waals surface area contributed by atoms with Crippen LogP contribution in [0.15, 0.2) is 29.3 Å². The fourth-order valence-corrected chi connectivity index (χ4v) is 5.83. The van der Waals surface area contributed by atoms with E-state index in [1.54, 1.807) is 11.8 Å². The molecular formula is C19H21NO3S. The minimum absolute atomic E-state index is 0.166. The molecule has 24 heavy (non-hydrogen) atoms. The van der Waals surface area contributed by atoms with E-state index in [2.05, 4.69) is 11.1 Å². The summed E-state index contributed by atoms with van der Waals surface area (Å²) in [6, 6.07) is 8.09. The third-order valence-electron chi connectivity index (χ3n) is 5.13. The van der Waals surface area contributed by atoms with Crippen LogP contribution in [0.2, 0.25) is 0 Å². The van der Waals surface area contributed by atoms with Crippen molar-refractivity contribution in [3.63, 3.8) is 0 Å². The summed E-state index contributed by atoms with van der Waals surface area (Å²) >= 11 is 1.76. The average Bonchev–Trinajstić information content (AvgIpc) is 2.91. The van der Waals surface area contributed by atoms with E-state index in [0.29, 0.717) is 31.7 Å². The van der Waals surface area contributed by atoms with Gasteiger partial charge >= 0.3 is 5.97 Å². The van der Waals surface area contributed by atoms with Gasteiger partial charge in [0.15, 0.2) is 0 Å². The maximum Gasteiger partial charge on any atom is 0.313 e. The second kappa shape index (κ2) is 5.96. The zero-order valence-corrected chi connectivity index (χ0v) is 14.6. The van der Waals surface area contributed by atoms with Crippen LogP contribution in [0, 0.1) is 0 Å². The number of esters is 1. The Labute approximate surface area is 145 Å². The quantitative estimate of drug-likeness (QED) is 0.831. The van der Waals surface area contributed by atoms with E-state index in [-0.39, 0.29) is 16.6 Å². The van der Waals surface area contributed by atoms with Crippen molar-refractivity contribution in [2.24, 2.45) is 0 Å². The second-order valence-corrected chi connectivity index (χ2v) is 8.25. The number of nitrogens with one attached hydrogen (secondary N) is 1. The van der Waals surface area contributed by atoms with E-state index in [9.17, 15) is 9.59 Å². The summed E-state index contributed by atoms with van der Waals surface area (Å²) in [6.07, 6.45) is 3.82. The minimum atomic E-state index is -0.289. The fraction of sp³-hybridized carbons (Fsp3) is 0.474. The van der Waals surface area contributed by atoms with Crippen LogP contribution < -0.4 is 0 Å². The number of fused-ring (bicyclic) bond motifs is 3. The fourth-order valence-electron chi connectivity index (χ4n) is 4.15. The smallest absolute Gasteiger partial charge is 0.313 e. The average molecular weight is 343 g/mol. The summed E-state index contributed by atoms with van der Waals surface area (Å²) in [6.45, 7) is 2.22. The monoisotopic (exact) mass is 343 g/mol. The Morgan fingerprint density at radius 3 is 3.04 bits per heavy atom. The topological polar surface area (TPSA) is 59.2 Å². The number of hydrogen-bond donors (Lipinski definition) is 1. The number of benzene rings is 1. The molecule has 0 saturated heterocycles. The Morgan fingerprint density at radius 1 is 1.42 bits per heavy atom. The molecule has 4 rings (SSSR count). The molecule has 1 N–H and O–H groups in total. The number of hydrogen-bond acceptors (Lipinski definition) is 4. The van der Waals surface area contributed by atoms with E-state index < -0.39 is 0 Å². The standard InChI is InChI=1S/C19H21NO3S/c1-2-23-18(22)14-11-19(9-5-6-12(21)10-19)24-17-16(14)13-7-3-4-8-15(13)20-17/h3-4,7-8,14,20H,2,5-6,9-11H2,1H3/t14-,19+/m0/s1. The molecule has 0 unspecified atom stereocenters. The highest BCUT2D eigenvalue weighted by Gasteiger charge is 2.47. The zero-order valence-electron chi connectivity index (χ0n) is 13.8. The molecule has 1 aliphatic heterocycles. The molecule has 1 aromatic carbocycles. The van der Waals surface area contributed by atoms with Crippen LogP contribution in [-0.4, -0.2) is 28.1 Å². The van der Waals surface area contributed by atoms with Crippen molar-refractivity contribution < 1.29 is 14.3 Å². The summed E-state index contributed by atoms with van der Waals surface area (Å²) < 4.78 is 5.20. The molecule has 126 valence electrons. The van der Waals surface area contributed by atoms with Crippen LogP contribution in [0.3, 0.4) is 0 Å². The van der Waals surface area contributed by atoms with E-state index in [1.165, 1.54) is 0 Å². The normalized spacial score (nSPS) is 26.5. The van der Waals surface area contributed by atoms with Gasteiger partial charge in [-0.2, -0.15) is 0 Å². The number of carbonyl (C=O) groups excluding carboxylic acids is 2. The number of carbonyl (C=O) groups is 2. The Morgan fingerprint density at radius 2 is 2.25 bits per heavy atom. The van der Waals surface area contributed by atoms with Gasteiger partial charge in [-0.05, 0) is 32.3 Å². The molecule has 4 nitrogen and oxygen atoms in total. The molecule has 0 radical (unpaired) electrons. The molecule has 5 heteroatoms. The number of para-hydroxylation sites is 1. The molecule has 2 aliphatic rings. The minimum Gasteiger partial charge on any atom is -0.466 e. The Balaban J connectivity index is 1.82. The Hall–Kier alpha value is -1.75. The van der Waals surface area contributed by atoms with Gasteiger partial charge in [0.25, 0.3) is 0 Å². The third-order valence-corrected chi connectivity index (χ3v) is 6.61. The molecule has 1 spiro atoms. The van der Waals surface area contributed by atoms with Crippen molar-refractivity contribution >= 4 is 34.4 Å². The van der Waals surface area contributed by atoms with Crippen LogP contribution in [0.1, 0.15) is 50.5 Å². The van der Waals surface area contributed by atoms with Crippen LogP contribution in [0.4, 0.5) is 0 Å². The van der Waals surface area contributed by atoms with Gasteiger partial charge in [-0.15, -0.1) is 11.8 Å². The van der Waals surface area contributed by atoms with Gasteiger partial charge in [0.1, 0.15) is 5.78 Å². The lowest BCUT2D eigenvalue weighted by atomic mass is 9.78. The number of ketones is 1. The molecule has 1 saturated carbocycles. The summed E-state index contributed by atoms with van der Waals surface area (Å²) in [7, 11) is 0. The lowest BCUT2D eigenvalue weighted by Crippen LogP contribution is -2.38. The maximum atomic E-state index is 12.7. The van der Waals surface area contributed by atoms with Crippen LogP contribution in [0.5, 0.6) is 0 Å². The molecule has 1 aliphatic carbocycles. The van der Waals surface area contributed by atoms with Gasteiger partial charge < -0.3 is 9.72 Å². The van der Waals surface area contributed by atoms with Crippen molar-refractivity contribution in [1.82, 2.24) is 4.98 Å². The van der Waals surface area contributed by atoms with Gasteiger partial charge in [0.05, 0.1) is 17.6 Å². The number of ether oxygens (including phenoxy) is 1. The first-order chi connectivity index (χ1) is 11.6. The summed E-state index contributed by atoms with van der Waals surface area (Å²) in [4.78, 5) is 28.2. The second-order valence-electron chi connectivity index (χ2n) is 6.78. The van der Waals surface area contributed by atoms with Gasteiger partial charge in [-0.25, -0.2) is 0 Å². The summed E-state index contributed by atoms with van der Waals surface area (Å²) in [5.74, 6) is -0.139. The van der Waals surface area contributed by atoms with Gasteiger partial charge in [-0.1, -0.05) is 18.2 Å². The van der Waals surface area contributed by atoms with E-state index in [4.69, 9.17) is 4.74 Å². The van der Waals surface area contributed by atoms with E-state index in [0.717, 1.165) is 34.3 Å². The predicted molar refractivity (Wildman–Crippen MR) is 94.4 cm³/mol. The molecule has 1 aromatic heterocycles. The number of rotatable bonds is 2. The first kappa shape index (κ1) is 15.8. The van der Waals surface area contributed by atoms with E-state index >= 15 is 0 Å². The zero-order chi connectivity index (χ0) is 16.7. The van der Waals surface area contributed by atoms with Crippen molar-refractivity contribution in [2.45, 2.75) is 54.7 Å². The molecule has 2 atom stereocenters. The number of aromatic nitrogens is 1. The number of Topliss-reactive ketones (excluding diaryl/α,β-unsaturated/α-hetero) is 1. The lowest BCUT2D eigenvalue weighted by molar-refractivity contribution is -0.145. The SMILES string of the molecule is CCOC(=O)[C@H]1C[C@]2(CCCC(=O)C2)Sc2[nH]c3ccccc3c21. The molecule has 2 heterocycles. The van der Waals surface area contributed by atoms with Crippen molar-refractivity contribution in [1.29, 1.82) is 0 Å². The summed E-state index contributed by atoms with van der Waals surface area (Å²) in [5.41, 5.74) is 2.10. The Bertz CT molecular complexity index is 812. The molecule has 2 aromatic rings. The molecule has 1 fully saturated rings. The highest BCUT2D eigenvalue weighted by atomic mass is 32.2. The predicted octanol–water partition coefficient (Wildman–Crippen LogP) is 4.19. The molecule has 0 bridgehead atoms.